The third kappa shape index (κ3) is 3.07. The smallest absolute Gasteiger partial charge is 0.164 e. The van der Waals surface area contributed by atoms with Crippen molar-refractivity contribution in [3.05, 3.63) is 0 Å². The zero-order chi connectivity index (χ0) is 10.6. The number of carbonyl (C=O) groups excluding carboxylic acids is 1. The molecule has 0 aromatic carbocycles. The van der Waals surface area contributed by atoms with Crippen molar-refractivity contribution in [2.45, 2.75) is 45.1 Å². The molecule has 0 saturated carbocycles. The normalized spacial score (nSPS) is 23.1. The van der Waals surface area contributed by atoms with E-state index in [4.69, 9.17) is 4.74 Å². The van der Waals surface area contributed by atoms with E-state index in [-0.39, 0.29) is 5.78 Å². The summed E-state index contributed by atoms with van der Waals surface area (Å²) in [6.07, 6.45) is 2.90. The van der Waals surface area contributed by atoms with Crippen LogP contribution in [0.4, 0.5) is 0 Å². The van der Waals surface area contributed by atoms with Crippen molar-refractivity contribution in [2.24, 2.45) is 5.92 Å². The van der Waals surface area contributed by atoms with E-state index in [0.717, 1.165) is 26.1 Å². The molecule has 1 saturated heterocycles. The molecule has 1 aliphatic heterocycles. The molecule has 1 N–H and O–H groups in total. The first kappa shape index (κ1) is 11.7. The van der Waals surface area contributed by atoms with Gasteiger partial charge in [0.15, 0.2) is 5.78 Å². The summed E-state index contributed by atoms with van der Waals surface area (Å²) in [6.45, 7) is 4.95. The third-order valence-corrected chi connectivity index (χ3v) is 3.10. The van der Waals surface area contributed by atoms with Gasteiger partial charge in [-0.1, -0.05) is 6.92 Å². The fourth-order valence-electron chi connectivity index (χ4n) is 1.63. The molecular weight excluding hydrogens is 180 g/mol. The predicted molar refractivity (Wildman–Crippen MR) is 54.1 cm³/mol. The summed E-state index contributed by atoms with van der Waals surface area (Å²) in [4.78, 5) is 11.7. The average molecular weight is 200 g/mol. The molecule has 1 aliphatic rings. The zero-order valence-electron chi connectivity index (χ0n) is 9.08. The van der Waals surface area contributed by atoms with Gasteiger partial charge in [0.25, 0.3) is 0 Å². The minimum Gasteiger partial charge on any atom is -0.382 e. The molecule has 3 nitrogen and oxygen atoms in total. The van der Waals surface area contributed by atoms with Crippen LogP contribution in [0.5, 0.6) is 0 Å². The summed E-state index contributed by atoms with van der Waals surface area (Å²) >= 11 is 0. The Morgan fingerprint density at radius 1 is 1.50 bits per heavy atom. The van der Waals surface area contributed by atoms with Gasteiger partial charge in [0, 0.05) is 19.6 Å². The Hall–Kier alpha value is -0.410. The molecule has 3 heteroatoms. The fraction of sp³-hybridized carbons (Fsp3) is 0.909. The second kappa shape index (κ2) is 4.89. The Kier molecular flexibility index (Phi) is 4.08. The molecule has 0 bridgehead atoms. The number of aliphatic hydroxyl groups is 1. The number of rotatable bonds is 4. The fourth-order valence-corrected chi connectivity index (χ4v) is 1.63. The minimum atomic E-state index is -1.13. The van der Waals surface area contributed by atoms with Crippen LogP contribution in [0.25, 0.3) is 0 Å². The SMILES string of the molecule is CCC(C)(O)C(=O)CC1CCOCC1. The predicted octanol–water partition coefficient (Wildman–Crippen LogP) is 1.53. The van der Waals surface area contributed by atoms with Crippen LogP contribution in [0.1, 0.15) is 39.5 Å². The molecule has 0 aliphatic carbocycles. The van der Waals surface area contributed by atoms with E-state index in [1.807, 2.05) is 6.92 Å². The van der Waals surface area contributed by atoms with Gasteiger partial charge in [0.1, 0.15) is 5.60 Å². The minimum absolute atomic E-state index is 0.0214. The van der Waals surface area contributed by atoms with Crippen molar-refractivity contribution in [1.82, 2.24) is 0 Å². The van der Waals surface area contributed by atoms with Crippen LogP contribution in [0, 0.1) is 5.92 Å². The van der Waals surface area contributed by atoms with Crippen LogP contribution >= 0.6 is 0 Å². The van der Waals surface area contributed by atoms with E-state index in [0.29, 0.717) is 18.8 Å². The van der Waals surface area contributed by atoms with Gasteiger partial charge >= 0.3 is 0 Å². The van der Waals surface area contributed by atoms with Crippen molar-refractivity contribution in [3.63, 3.8) is 0 Å². The second-order valence-electron chi connectivity index (χ2n) is 4.31. The van der Waals surface area contributed by atoms with E-state index in [1.165, 1.54) is 0 Å². The van der Waals surface area contributed by atoms with Gasteiger partial charge in [-0.25, -0.2) is 0 Å². The largest absolute Gasteiger partial charge is 0.382 e. The van der Waals surface area contributed by atoms with Gasteiger partial charge in [-0.2, -0.15) is 0 Å². The van der Waals surface area contributed by atoms with Crippen LogP contribution in [0.3, 0.4) is 0 Å². The first-order valence-electron chi connectivity index (χ1n) is 5.39. The van der Waals surface area contributed by atoms with Crippen molar-refractivity contribution in [2.75, 3.05) is 13.2 Å². The molecule has 0 aromatic rings. The Balaban J connectivity index is 2.39. The van der Waals surface area contributed by atoms with E-state index in [2.05, 4.69) is 0 Å². The van der Waals surface area contributed by atoms with Crippen LogP contribution in [-0.4, -0.2) is 29.7 Å². The lowest BCUT2D eigenvalue weighted by atomic mass is 9.87. The molecule has 0 aromatic heterocycles. The van der Waals surface area contributed by atoms with Crippen LogP contribution in [0.15, 0.2) is 0 Å². The highest BCUT2D eigenvalue weighted by Gasteiger charge is 2.30. The van der Waals surface area contributed by atoms with Crippen molar-refractivity contribution in [1.29, 1.82) is 0 Å². The first-order valence-corrected chi connectivity index (χ1v) is 5.39. The maximum absolute atomic E-state index is 11.7. The third-order valence-electron chi connectivity index (χ3n) is 3.10. The summed E-state index contributed by atoms with van der Waals surface area (Å²) in [5.74, 6) is 0.390. The topological polar surface area (TPSA) is 46.5 Å². The summed E-state index contributed by atoms with van der Waals surface area (Å²) < 4.78 is 5.22. The van der Waals surface area contributed by atoms with E-state index in [9.17, 15) is 9.90 Å². The molecule has 0 spiro atoms. The van der Waals surface area contributed by atoms with Gasteiger partial charge < -0.3 is 9.84 Å². The Morgan fingerprint density at radius 3 is 2.57 bits per heavy atom. The van der Waals surface area contributed by atoms with E-state index >= 15 is 0 Å². The van der Waals surface area contributed by atoms with Gasteiger partial charge in [0.05, 0.1) is 0 Å². The summed E-state index contributed by atoms with van der Waals surface area (Å²) in [6, 6.07) is 0. The van der Waals surface area contributed by atoms with Crippen LogP contribution in [-0.2, 0) is 9.53 Å². The van der Waals surface area contributed by atoms with Crippen LogP contribution in [0.2, 0.25) is 0 Å². The van der Waals surface area contributed by atoms with Crippen LogP contribution < -0.4 is 0 Å². The molecule has 0 amide bonds. The number of Topliss-reactive ketones (excluding diaryl/α,β-unsaturated/α-hetero) is 1. The van der Waals surface area contributed by atoms with E-state index in [1.54, 1.807) is 6.92 Å². The molecule has 1 heterocycles. The standard InChI is InChI=1S/C11H20O3/c1-3-11(2,13)10(12)8-9-4-6-14-7-5-9/h9,13H,3-8H2,1-2H3. The number of hydrogen-bond donors (Lipinski definition) is 1. The molecule has 1 rings (SSSR count). The number of carbonyl (C=O) groups is 1. The summed E-state index contributed by atoms with van der Waals surface area (Å²) in [7, 11) is 0. The van der Waals surface area contributed by atoms with Gasteiger partial charge in [-0.15, -0.1) is 0 Å². The summed E-state index contributed by atoms with van der Waals surface area (Å²) in [5, 5.41) is 9.74. The monoisotopic (exact) mass is 200 g/mol. The maximum atomic E-state index is 11.7. The molecule has 14 heavy (non-hydrogen) atoms. The Morgan fingerprint density at radius 2 is 2.07 bits per heavy atom. The molecule has 1 unspecified atom stereocenters. The lowest BCUT2D eigenvalue weighted by molar-refractivity contribution is -0.137. The highest BCUT2D eigenvalue weighted by Crippen LogP contribution is 2.23. The molecule has 1 atom stereocenters. The highest BCUT2D eigenvalue weighted by atomic mass is 16.5. The van der Waals surface area contributed by atoms with Crippen molar-refractivity contribution < 1.29 is 14.6 Å². The van der Waals surface area contributed by atoms with Gasteiger partial charge in [-0.05, 0) is 32.1 Å². The lowest BCUT2D eigenvalue weighted by Gasteiger charge is -2.25. The molecule has 0 radical (unpaired) electrons. The zero-order valence-corrected chi connectivity index (χ0v) is 9.08. The van der Waals surface area contributed by atoms with Gasteiger partial charge in [0.2, 0.25) is 0 Å². The quantitative estimate of drug-likeness (QED) is 0.748. The molecular formula is C11H20O3. The first-order chi connectivity index (χ1) is 6.56. The molecule has 1 fully saturated rings. The number of hydrogen-bond acceptors (Lipinski definition) is 3. The Bertz CT molecular complexity index is 193. The van der Waals surface area contributed by atoms with Crippen molar-refractivity contribution >= 4 is 5.78 Å². The molecule has 82 valence electrons. The lowest BCUT2D eigenvalue weighted by Crippen LogP contribution is -2.36. The highest BCUT2D eigenvalue weighted by molar-refractivity contribution is 5.86. The maximum Gasteiger partial charge on any atom is 0.164 e. The average Bonchev–Trinajstić information content (AvgIpc) is 2.19. The van der Waals surface area contributed by atoms with Crippen molar-refractivity contribution in [3.8, 4) is 0 Å². The number of ether oxygens (including phenoxy) is 1. The Labute approximate surface area is 85.5 Å². The summed E-state index contributed by atoms with van der Waals surface area (Å²) in [5.41, 5.74) is -1.13. The van der Waals surface area contributed by atoms with E-state index < -0.39 is 5.60 Å². The number of ketones is 1. The second-order valence-corrected chi connectivity index (χ2v) is 4.31. The van der Waals surface area contributed by atoms with Gasteiger partial charge in [-0.3, -0.25) is 4.79 Å².